The summed E-state index contributed by atoms with van der Waals surface area (Å²) < 4.78 is 39.1. The summed E-state index contributed by atoms with van der Waals surface area (Å²) >= 11 is 0. The Morgan fingerprint density at radius 3 is 2.02 bits per heavy atom. The van der Waals surface area contributed by atoms with E-state index in [4.69, 9.17) is 0 Å². The van der Waals surface area contributed by atoms with E-state index in [1.165, 1.54) is 22.1 Å². The van der Waals surface area contributed by atoms with Crippen molar-refractivity contribution in [3.63, 3.8) is 0 Å². The van der Waals surface area contributed by atoms with Crippen LogP contribution in [-0.4, -0.2) is 72.8 Å². The van der Waals surface area contributed by atoms with Gasteiger partial charge in [-0.05, 0) is 31.4 Å². The van der Waals surface area contributed by atoms with E-state index in [-0.39, 0.29) is 49.2 Å². The number of H-pyrrole nitrogens is 1. The zero-order valence-corrected chi connectivity index (χ0v) is 37.7. The summed E-state index contributed by atoms with van der Waals surface area (Å²) in [6.45, 7) is 0.158. The predicted octanol–water partition coefficient (Wildman–Crippen LogP) is 5.44. The fourth-order valence-electron chi connectivity index (χ4n) is 8.49. The molecule has 2 heterocycles. The number of para-hydroxylation sites is 1. The summed E-state index contributed by atoms with van der Waals surface area (Å²) in [5, 5.41) is 16.4. The summed E-state index contributed by atoms with van der Waals surface area (Å²) in [6, 6.07) is 38.3. The molecular weight excluding hydrogens is 867 g/mol. The SMILES string of the molecule is O=C(CCC[PH](c1ccccc1)(c1ccccc1)c1ccccc1)NC(CCCCNC(=O)c1cncc(OS(=O)(=O)F)c1)C(=O)NC(Cc1c[nH]c2ccccc12)C(=O)NC1CCC1. The molecule has 6 aromatic rings. The Labute approximate surface area is 379 Å². The van der Waals surface area contributed by atoms with Gasteiger partial charge in [-0.25, -0.2) is 0 Å². The molecule has 13 nitrogen and oxygen atoms in total. The van der Waals surface area contributed by atoms with Gasteiger partial charge in [-0.1, -0.05) is 22.1 Å². The summed E-state index contributed by atoms with van der Waals surface area (Å²) in [4.78, 5) is 62.1. The second-order valence-electron chi connectivity index (χ2n) is 16.4. The van der Waals surface area contributed by atoms with Crippen molar-refractivity contribution in [2.75, 3.05) is 12.7 Å². The van der Waals surface area contributed by atoms with Crippen LogP contribution in [0.4, 0.5) is 3.89 Å². The van der Waals surface area contributed by atoms with Gasteiger partial charge in [-0.2, -0.15) is 8.42 Å². The van der Waals surface area contributed by atoms with Crippen LogP contribution in [0.1, 0.15) is 67.3 Å². The van der Waals surface area contributed by atoms with Crippen molar-refractivity contribution in [3.05, 3.63) is 151 Å². The van der Waals surface area contributed by atoms with Crippen molar-refractivity contribution in [3.8, 4) is 5.75 Å². The molecule has 2 unspecified atom stereocenters. The zero-order valence-electron chi connectivity index (χ0n) is 35.9. The van der Waals surface area contributed by atoms with Crippen LogP contribution in [0, 0.1) is 0 Å². The number of carbonyl (C=O) groups is 4. The molecule has 4 amide bonds. The molecule has 65 heavy (non-hydrogen) atoms. The Hall–Kier alpha value is -6.44. The first-order chi connectivity index (χ1) is 31.5. The van der Waals surface area contributed by atoms with Crippen molar-refractivity contribution in [1.82, 2.24) is 31.2 Å². The molecule has 1 aliphatic rings. The van der Waals surface area contributed by atoms with Crippen LogP contribution in [0.3, 0.4) is 0 Å². The Kier molecular flexibility index (Phi) is 15.7. The molecule has 2 atom stereocenters. The number of amides is 4. The van der Waals surface area contributed by atoms with E-state index >= 15 is 0 Å². The molecule has 2 aromatic heterocycles. The maximum absolute atomic E-state index is 14.4. The van der Waals surface area contributed by atoms with E-state index in [1.54, 1.807) is 0 Å². The van der Waals surface area contributed by atoms with Gasteiger partial charge in [0.2, 0.25) is 0 Å². The zero-order chi connectivity index (χ0) is 45.7. The molecule has 0 saturated heterocycles. The molecule has 1 fully saturated rings. The van der Waals surface area contributed by atoms with Crippen LogP contribution in [-0.2, 0) is 31.3 Å². The molecule has 1 saturated carbocycles. The van der Waals surface area contributed by atoms with E-state index < -0.39 is 47.4 Å². The Balaban J connectivity index is 1.06. The topological polar surface area (TPSA) is 188 Å². The number of hydrogen-bond donors (Lipinski definition) is 5. The van der Waals surface area contributed by atoms with Gasteiger partial charge in [0, 0.05) is 11.7 Å². The first kappa shape index (κ1) is 46.5. The second kappa shape index (κ2) is 22.0. The number of carbonyl (C=O) groups excluding carboxylic acids is 4. The number of aromatic amines is 1. The van der Waals surface area contributed by atoms with Gasteiger partial charge in [0.25, 0.3) is 0 Å². The maximum atomic E-state index is 14.4. The van der Waals surface area contributed by atoms with Gasteiger partial charge in [0.1, 0.15) is 0 Å². The number of aromatic nitrogens is 2. The quantitative estimate of drug-likeness (QED) is 0.0338. The predicted molar refractivity (Wildman–Crippen MR) is 253 cm³/mol. The molecule has 0 aliphatic heterocycles. The number of rotatable bonds is 22. The van der Waals surface area contributed by atoms with Crippen molar-refractivity contribution in [1.29, 1.82) is 0 Å². The molecule has 4 aromatic carbocycles. The molecule has 0 spiro atoms. The van der Waals surface area contributed by atoms with E-state index in [9.17, 15) is 31.5 Å². The molecule has 0 bridgehead atoms. The van der Waals surface area contributed by atoms with Gasteiger partial charge >= 0.3 is 270 Å². The molecule has 340 valence electrons. The monoisotopic (exact) mass is 920 g/mol. The average molecular weight is 921 g/mol. The van der Waals surface area contributed by atoms with Crippen molar-refractivity contribution < 1.29 is 35.7 Å². The molecule has 0 radical (unpaired) electrons. The van der Waals surface area contributed by atoms with Gasteiger partial charge < -0.3 is 9.17 Å². The van der Waals surface area contributed by atoms with E-state index in [2.05, 4.69) is 108 Å². The average Bonchev–Trinajstić information content (AvgIpc) is 3.71. The first-order valence-electron chi connectivity index (χ1n) is 22.0. The van der Waals surface area contributed by atoms with Crippen molar-refractivity contribution in [2.24, 2.45) is 0 Å². The van der Waals surface area contributed by atoms with E-state index in [1.807, 2.05) is 48.7 Å². The molecule has 5 N–H and O–H groups in total. The summed E-state index contributed by atoms with van der Waals surface area (Å²) in [5.74, 6) is -2.14. The number of pyridine rings is 1. The fraction of sp³-hybridized carbons (Fsp3) is 0.286. The second-order valence-corrected chi connectivity index (χ2v) is 21.4. The van der Waals surface area contributed by atoms with Crippen LogP contribution in [0.25, 0.3) is 10.9 Å². The normalized spacial score (nSPS) is 14.0. The van der Waals surface area contributed by atoms with Crippen LogP contribution < -0.4 is 41.4 Å². The number of nitrogens with zero attached hydrogens (tertiary/aromatic N) is 1. The minimum atomic E-state index is -5.31. The van der Waals surface area contributed by atoms with Crippen LogP contribution in [0.2, 0.25) is 0 Å². The van der Waals surface area contributed by atoms with Crippen LogP contribution in [0.5, 0.6) is 5.75 Å². The standard InChI is InChI=1S/C49H54FN6O7PS/c50-65(61,62)63-38-30-36(32-51-34-38)47(58)52-28-13-12-26-44(48(59)56-45(49(60)54-37-16-14-17-37)31-35-33-53-43-25-11-10-24-42(35)43)55-46(57)27-15-29-64(39-18-4-1-5-19-39,40-20-6-2-7-21-40)41-22-8-3-9-23-41/h1-11,18-25,30,32-34,37,44-45,53,64H,12-17,26-29,31H2,(H,52,58)(H,54,60)(H,55,57)(H,56,59). The summed E-state index contributed by atoms with van der Waals surface area (Å²) in [5.41, 5.74) is 1.73. The minimum absolute atomic E-state index is 0.0384. The molecule has 16 heteroatoms. The van der Waals surface area contributed by atoms with Crippen LogP contribution >= 0.6 is 7.26 Å². The summed E-state index contributed by atoms with van der Waals surface area (Å²) in [6.07, 6.45) is 9.40. The van der Waals surface area contributed by atoms with Gasteiger partial charge in [-0.3, -0.25) is 9.78 Å². The third kappa shape index (κ3) is 12.4. The number of unbranched alkanes of at least 4 members (excludes halogenated alkanes) is 1. The van der Waals surface area contributed by atoms with Crippen LogP contribution in [0.15, 0.2) is 140 Å². The molecule has 7 rings (SSSR count). The number of fused-ring (bicyclic) bond motifs is 1. The summed E-state index contributed by atoms with van der Waals surface area (Å²) in [7, 11) is -7.93. The minimum Gasteiger partial charge on any atom is -0.0494 e. The number of benzene rings is 4. The smallest absolute Gasteiger partial charge is 0.0494 e. The van der Waals surface area contributed by atoms with Gasteiger partial charge in [-0.15, -0.1) is 0 Å². The van der Waals surface area contributed by atoms with Crippen molar-refractivity contribution in [2.45, 2.75) is 75.9 Å². The third-order valence-corrected chi connectivity index (χ3v) is 17.4. The number of nitrogens with one attached hydrogen (secondary N) is 5. The third-order valence-electron chi connectivity index (χ3n) is 12.0. The number of halogens is 1. The van der Waals surface area contributed by atoms with Gasteiger partial charge in [0.15, 0.2) is 5.75 Å². The fourth-order valence-corrected chi connectivity index (χ4v) is 13.7. The van der Waals surface area contributed by atoms with E-state index in [0.29, 0.717) is 19.3 Å². The Bertz CT molecular complexity index is 2570. The Morgan fingerprint density at radius 2 is 1.40 bits per heavy atom. The first-order valence-corrected chi connectivity index (χ1v) is 25.5. The number of hydrogen-bond acceptors (Lipinski definition) is 8. The molecular formula is C49H54FN6O7PS. The molecule has 1 aliphatic carbocycles. The van der Waals surface area contributed by atoms with Gasteiger partial charge in [0.05, 0.1) is 11.8 Å². The van der Waals surface area contributed by atoms with Crippen molar-refractivity contribution >= 4 is 68.2 Å². The van der Waals surface area contributed by atoms with E-state index in [0.717, 1.165) is 54.2 Å². The Morgan fingerprint density at radius 1 is 0.769 bits per heavy atom.